The number of nitrogens with one attached hydrogen (secondary N) is 1. The summed E-state index contributed by atoms with van der Waals surface area (Å²) in [6.45, 7) is 4.68. The molecule has 0 spiro atoms. The fraction of sp³-hybridized carbons (Fsp3) is 0.208. The number of hydrogen-bond donors (Lipinski definition) is 1. The Bertz CT molecular complexity index is 1180. The minimum absolute atomic E-state index is 0.100. The molecule has 152 valence electrons. The van der Waals surface area contributed by atoms with Gasteiger partial charge in [-0.25, -0.2) is 9.37 Å². The van der Waals surface area contributed by atoms with Crippen LogP contribution in [0, 0.1) is 19.7 Å². The first-order valence-corrected chi connectivity index (χ1v) is 9.86. The fourth-order valence-electron chi connectivity index (χ4n) is 3.43. The van der Waals surface area contributed by atoms with Gasteiger partial charge in [0.2, 0.25) is 5.91 Å². The average Bonchev–Trinajstić information content (AvgIpc) is 3.05. The number of amides is 1. The SMILES string of the molecule is Cc1cc2nc(Cc3ccc(F)cc3)n(CC(=O)NCc3cccnc3)c2cc1C. The van der Waals surface area contributed by atoms with E-state index in [1.807, 2.05) is 36.6 Å². The van der Waals surface area contributed by atoms with Gasteiger partial charge in [0.15, 0.2) is 0 Å². The number of aromatic nitrogens is 3. The minimum atomic E-state index is -0.270. The van der Waals surface area contributed by atoms with Crippen LogP contribution >= 0.6 is 0 Å². The quantitative estimate of drug-likeness (QED) is 0.528. The lowest BCUT2D eigenvalue weighted by atomic mass is 10.1. The van der Waals surface area contributed by atoms with Crippen LogP contribution in [0.3, 0.4) is 0 Å². The van der Waals surface area contributed by atoms with E-state index >= 15 is 0 Å². The first-order chi connectivity index (χ1) is 14.5. The van der Waals surface area contributed by atoms with E-state index in [4.69, 9.17) is 4.98 Å². The highest BCUT2D eigenvalue weighted by Crippen LogP contribution is 2.22. The molecule has 0 radical (unpaired) electrons. The molecular formula is C24H23FN4O. The van der Waals surface area contributed by atoms with Gasteiger partial charge in [-0.2, -0.15) is 0 Å². The molecule has 1 amide bonds. The van der Waals surface area contributed by atoms with Crippen molar-refractivity contribution in [3.05, 3.63) is 94.8 Å². The van der Waals surface area contributed by atoms with E-state index in [1.54, 1.807) is 24.5 Å². The predicted molar refractivity (Wildman–Crippen MR) is 114 cm³/mol. The topological polar surface area (TPSA) is 59.8 Å². The van der Waals surface area contributed by atoms with Crippen LogP contribution in [0.15, 0.2) is 60.9 Å². The molecule has 4 rings (SSSR count). The number of benzene rings is 2. The van der Waals surface area contributed by atoms with Gasteiger partial charge in [0.05, 0.1) is 11.0 Å². The molecule has 0 aliphatic rings. The molecule has 0 aliphatic carbocycles. The summed E-state index contributed by atoms with van der Waals surface area (Å²) < 4.78 is 15.2. The molecule has 0 aliphatic heterocycles. The number of pyridine rings is 1. The Morgan fingerprint density at radius 2 is 1.83 bits per heavy atom. The zero-order valence-electron chi connectivity index (χ0n) is 17.0. The molecule has 0 saturated heterocycles. The highest BCUT2D eigenvalue weighted by molar-refractivity contribution is 5.82. The number of halogens is 1. The molecule has 0 fully saturated rings. The third kappa shape index (κ3) is 4.38. The van der Waals surface area contributed by atoms with E-state index in [0.717, 1.165) is 39.1 Å². The van der Waals surface area contributed by atoms with Crippen molar-refractivity contribution in [3.8, 4) is 0 Å². The highest BCUT2D eigenvalue weighted by atomic mass is 19.1. The first kappa shape index (κ1) is 19.8. The van der Waals surface area contributed by atoms with Crippen molar-refractivity contribution in [2.75, 3.05) is 0 Å². The molecular weight excluding hydrogens is 379 g/mol. The maximum Gasteiger partial charge on any atom is 0.240 e. The monoisotopic (exact) mass is 402 g/mol. The van der Waals surface area contributed by atoms with Gasteiger partial charge in [0, 0.05) is 25.4 Å². The molecule has 0 unspecified atom stereocenters. The van der Waals surface area contributed by atoms with E-state index in [-0.39, 0.29) is 18.3 Å². The lowest BCUT2D eigenvalue weighted by Gasteiger charge is -2.11. The molecule has 4 aromatic rings. The lowest BCUT2D eigenvalue weighted by molar-refractivity contribution is -0.121. The second kappa shape index (κ2) is 8.45. The van der Waals surface area contributed by atoms with Crippen molar-refractivity contribution in [1.29, 1.82) is 0 Å². The standard InChI is InChI=1S/C24H23FN4O/c1-16-10-21-22(11-17(16)2)29(15-24(30)27-14-19-4-3-9-26-13-19)23(28-21)12-18-5-7-20(25)8-6-18/h3-11,13H,12,14-15H2,1-2H3,(H,27,30). The zero-order valence-corrected chi connectivity index (χ0v) is 17.0. The van der Waals surface area contributed by atoms with Gasteiger partial charge in [-0.3, -0.25) is 9.78 Å². The average molecular weight is 402 g/mol. The van der Waals surface area contributed by atoms with Crippen LogP contribution in [-0.2, 0) is 24.3 Å². The summed E-state index contributed by atoms with van der Waals surface area (Å²) in [4.78, 5) is 21.6. The van der Waals surface area contributed by atoms with E-state index in [1.165, 1.54) is 12.1 Å². The largest absolute Gasteiger partial charge is 0.350 e. The van der Waals surface area contributed by atoms with Crippen molar-refractivity contribution in [3.63, 3.8) is 0 Å². The number of hydrogen-bond acceptors (Lipinski definition) is 3. The first-order valence-electron chi connectivity index (χ1n) is 9.86. The van der Waals surface area contributed by atoms with E-state index in [0.29, 0.717) is 13.0 Å². The van der Waals surface area contributed by atoms with E-state index < -0.39 is 0 Å². The number of nitrogens with zero attached hydrogens (tertiary/aromatic N) is 3. The van der Waals surface area contributed by atoms with Gasteiger partial charge in [-0.1, -0.05) is 18.2 Å². The maximum atomic E-state index is 13.3. The normalized spacial score (nSPS) is 11.0. The van der Waals surface area contributed by atoms with Gasteiger partial charge < -0.3 is 9.88 Å². The van der Waals surface area contributed by atoms with Crippen LogP contribution in [0.4, 0.5) is 4.39 Å². The van der Waals surface area contributed by atoms with Crippen molar-refractivity contribution in [2.45, 2.75) is 33.4 Å². The van der Waals surface area contributed by atoms with Crippen molar-refractivity contribution >= 4 is 16.9 Å². The van der Waals surface area contributed by atoms with Crippen molar-refractivity contribution < 1.29 is 9.18 Å². The second-order valence-corrected chi connectivity index (χ2v) is 7.48. The Morgan fingerprint density at radius 3 is 2.57 bits per heavy atom. The molecule has 30 heavy (non-hydrogen) atoms. The molecule has 6 heteroatoms. The number of rotatable bonds is 6. The molecule has 2 heterocycles. The molecule has 2 aromatic carbocycles. The summed E-state index contributed by atoms with van der Waals surface area (Å²) in [5.74, 6) is 0.406. The van der Waals surface area contributed by atoms with Crippen LogP contribution in [0.5, 0.6) is 0 Å². The summed E-state index contributed by atoms with van der Waals surface area (Å²) in [5, 5.41) is 2.95. The van der Waals surface area contributed by atoms with Crippen LogP contribution in [0.1, 0.15) is 28.1 Å². The summed E-state index contributed by atoms with van der Waals surface area (Å²) >= 11 is 0. The third-order valence-electron chi connectivity index (χ3n) is 5.23. The summed E-state index contributed by atoms with van der Waals surface area (Å²) in [6.07, 6.45) is 3.96. The number of carbonyl (C=O) groups excluding carboxylic acids is 1. The molecule has 5 nitrogen and oxygen atoms in total. The number of carbonyl (C=O) groups is 1. The van der Waals surface area contributed by atoms with Crippen molar-refractivity contribution in [1.82, 2.24) is 19.9 Å². The van der Waals surface area contributed by atoms with Gasteiger partial charge in [0.25, 0.3) is 0 Å². The van der Waals surface area contributed by atoms with E-state index in [9.17, 15) is 9.18 Å². The van der Waals surface area contributed by atoms with Crippen LogP contribution in [0.25, 0.3) is 11.0 Å². The fourth-order valence-corrected chi connectivity index (χ4v) is 3.43. The molecule has 1 N–H and O–H groups in total. The Hall–Kier alpha value is -3.54. The molecule has 0 saturated carbocycles. The Kier molecular flexibility index (Phi) is 5.57. The summed E-state index contributed by atoms with van der Waals surface area (Å²) in [6, 6.07) is 14.3. The number of fused-ring (bicyclic) bond motifs is 1. The molecule has 0 bridgehead atoms. The summed E-state index contributed by atoms with van der Waals surface area (Å²) in [7, 11) is 0. The number of aryl methyl sites for hydroxylation is 2. The summed E-state index contributed by atoms with van der Waals surface area (Å²) in [5.41, 5.74) is 5.97. The van der Waals surface area contributed by atoms with Crippen molar-refractivity contribution in [2.24, 2.45) is 0 Å². The van der Waals surface area contributed by atoms with Crippen LogP contribution in [0.2, 0.25) is 0 Å². The Labute approximate surface area is 174 Å². The molecule has 2 aromatic heterocycles. The molecule has 0 atom stereocenters. The van der Waals surface area contributed by atoms with Gasteiger partial charge in [-0.15, -0.1) is 0 Å². The second-order valence-electron chi connectivity index (χ2n) is 7.48. The van der Waals surface area contributed by atoms with Crippen LogP contribution < -0.4 is 5.32 Å². The Balaban J connectivity index is 1.62. The maximum absolute atomic E-state index is 13.3. The number of imidazole rings is 1. The Morgan fingerprint density at radius 1 is 1.07 bits per heavy atom. The van der Waals surface area contributed by atoms with Gasteiger partial charge in [0.1, 0.15) is 18.2 Å². The lowest BCUT2D eigenvalue weighted by Crippen LogP contribution is -2.27. The minimum Gasteiger partial charge on any atom is -0.350 e. The smallest absolute Gasteiger partial charge is 0.240 e. The third-order valence-corrected chi connectivity index (χ3v) is 5.23. The van der Waals surface area contributed by atoms with Gasteiger partial charge in [-0.05, 0) is 66.4 Å². The van der Waals surface area contributed by atoms with Crippen LogP contribution in [-0.4, -0.2) is 20.4 Å². The highest BCUT2D eigenvalue weighted by Gasteiger charge is 2.15. The van der Waals surface area contributed by atoms with Gasteiger partial charge >= 0.3 is 0 Å². The van der Waals surface area contributed by atoms with E-state index in [2.05, 4.69) is 16.4 Å². The predicted octanol–water partition coefficient (Wildman–Crippen LogP) is 4.09. The zero-order chi connectivity index (χ0) is 21.1.